The maximum absolute atomic E-state index is 13.4. The Balaban J connectivity index is 1.28. The molecule has 3 aromatic rings. The van der Waals surface area contributed by atoms with Crippen molar-refractivity contribution in [3.05, 3.63) is 59.2 Å². The van der Waals surface area contributed by atoms with Crippen molar-refractivity contribution in [2.75, 3.05) is 49.1 Å². The van der Waals surface area contributed by atoms with Gasteiger partial charge in [0.05, 0.1) is 16.7 Å². The number of aromatic nitrogens is 4. The van der Waals surface area contributed by atoms with Crippen LogP contribution in [0.5, 0.6) is 0 Å². The van der Waals surface area contributed by atoms with E-state index in [1.807, 2.05) is 11.0 Å². The molecule has 2 aromatic heterocycles. The molecule has 2 aliphatic heterocycles. The topological polar surface area (TPSA) is 154 Å². The minimum Gasteiger partial charge on any atom is -0.338 e. The van der Waals surface area contributed by atoms with Crippen LogP contribution in [0.15, 0.2) is 41.6 Å². The number of benzene rings is 1. The highest BCUT2D eigenvalue weighted by Gasteiger charge is 2.32. The van der Waals surface area contributed by atoms with Gasteiger partial charge in [0, 0.05) is 56.8 Å². The lowest BCUT2D eigenvalue weighted by molar-refractivity contribution is 0.0989. The molecule has 0 bridgehead atoms. The monoisotopic (exact) mass is 535 g/mol. The lowest BCUT2D eigenvalue weighted by atomic mass is 10.2. The lowest BCUT2D eigenvalue weighted by Gasteiger charge is -2.34. The first-order valence-corrected chi connectivity index (χ1v) is 13.9. The van der Waals surface area contributed by atoms with Gasteiger partial charge in [-0.05, 0) is 56.1 Å². The van der Waals surface area contributed by atoms with Crippen molar-refractivity contribution in [2.45, 2.75) is 31.2 Å². The molecule has 0 spiro atoms. The SMILES string of the molecule is Cc1cc(C#N)nc(N2CCN(S(=O)(=O)c3ccc4c(c3)CCN4C(=O)c3cnn(CCCN)c3)CC2)n1. The van der Waals surface area contributed by atoms with E-state index in [4.69, 9.17) is 5.73 Å². The van der Waals surface area contributed by atoms with E-state index in [-0.39, 0.29) is 29.6 Å². The van der Waals surface area contributed by atoms with Crippen LogP contribution in [0.25, 0.3) is 0 Å². The highest BCUT2D eigenvalue weighted by atomic mass is 32.2. The van der Waals surface area contributed by atoms with Crippen LogP contribution in [0.3, 0.4) is 0 Å². The number of fused-ring (bicyclic) bond motifs is 1. The van der Waals surface area contributed by atoms with Gasteiger partial charge in [-0.3, -0.25) is 9.48 Å². The van der Waals surface area contributed by atoms with Crippen molar-refractivity contribution in [3.63, 3.8) is 0 Å². The number of sulfonamides is 1. The standard InChI is InChI=1S/C25H29N9O3S/c1-18-13-21(15-27)30-25(29-18)31-9-11-33(12-10-31)38(36,37)22-3-4-23-19(14-22)5-8-34(23)24(35)20-16-28-32(17-20)7-2-6-26/h3-4,13-14,16-17H,2,5-12,26H2,1H3. The summed E-state index contributed by atoms with van der Waals surface area (Å²) in [6.07, 6.45) is 4.62. The molecule has 5 rings (SSSR count). The molecule has 1 aromatic carbocycles. The Bertz CT molecular complexity index is 1500. The fourth-order valence-electron chi connectivity index (χ4n) is 4.78. The van der Waals surface area contributed by atoms with Crippen LogP contribution < -0.4 is 15.5 Å². The molecule has 0 unspecified atom stereocenters. The molecule has 0 radical (unpaired) electrons. The number of hydrogen-bond donors (Lipinski definition) is 1. The Labute approximate surface area is 221 Å². The predicted molar refractivity (Wildman–Crippen MR) is 140 cm³/mol. The van der Waals surface area contributed by atoms with Gasteiger partial charge in [-0.25, -0.2) is 18.4 Å². The van der Waals surface area contributed by atoms with Gasteiger partial charge in [0.1, 0.15) is 11.8 Å². The smallest absolute Gasteiger partial charge is 0.261 e. The molecule has 0 aliphatic carbocycles. The van der Waals surface area contributed by atoms with E-state index in [0.717, 1.165) is 17.7 Å². The fraction of sp³-hybridized carbons (Fsp3) is 0.400. The number of aryl methyl sites for hydroxylation is 2. The van der Waals surface area contributed by atoms with Gasteiger partial charge < -0.3 is 15.5 Å². The molecule has 0 saturated carbocycles. The molecule has 1 fully saturated rings. The minimum absolute atomic E-state index is 0.160. The van der Waals surface area contributed by atoms with Crippen molar-refractivity contribution in [2.24, 2.45) is 5.73 Å². The molecular weight excluding hydrogens is 506 g/mol. The summed E-state index contributed by atoms with van der Waals surface area (Å²) in [5, 5.41) is 13.4. The number of anilines is 2. The lowest BCUT2D eigenvalue weighted by Crippen LogP contribution is -2.49. The van der Waals surface area contributed by atoms with E-state index in [9.17, 15) is 18.5 Å². The van der Waals surface area contributed by atoms with E-state index in [2.05, 4.69) is 15.1 Å². The summed E-state index contributed by atoms with van der Waals surface area (Å²) in [4.78, 5) is 25.6. The zero-order chi connectivity index (χ0) is 26.9. The Morgan fingerprint density at radius 3 is 2.66 bits per heavy atom. The minimum atomic E-state index is -3.72. The van der Waals surface area contributed by atoms with Crippen molar-refractivity contribution in [1.82, 2.24) is 24.1 Å². The Morgan fingerprint density at radius 2 is 1.92 bits per heavy atom. The zero-order valence-electron chi connectivity index (χ0n) is 21.1. The summed E-state index contributed by atoms with van der Waals surface area (Å²) in [6, 6.07) is 8.61. The molecule has 0 atom stereocenters. The molecule has 4 heterocycles. The maximum Gasteiger partial charge on any atom is 0.261 e. The number of piperazine rings is 1. The number of carbonyl (C=O) groups excluding carboxylic acids is 1. The zero-order valence-corrected chi connectivity index (χ0v) is 21.9. The first-order chi connectivity index (χ1) is 18.3. The maximum atomic E-state index is 13.4. The van der Waals surface area contributed by atoms with E-state index in [1.165, 1.54) is 4.31 Å². The Morgan fingerprint density at radius 1 is 1.13 bits per heavy atom. The van der Waals surface area contributed by atoms with E-state index < -0.39 is 10.0 Å². The van der Waals surface area contributed by atoms with Crippen LogP contribution in [0.2, 0.25) is 0 Å². The number of carbonyl (C=O) groups is 1. The summed E-state index contributed by atoms with van der Waals surface area (Å²) in [5.74, 6) is 0.276. The van der Waals surface area contributed by atoms with Gasteiger partial charge in [0.25, 0.3) is 5.91 Å². The summed E-state index contributed by atoms with van der Waals surface area (Å²) in [5.41, 5.74) is 8.56. The van der Waals surface area contributed by atoms with Crippen molar-refractivity contribution >= 4 is 27.6 Å². The second-order valence-corrected chi connectivity index (χ2v) is 11.3. The van der Waals surface area contributed by atoms with Gasteiger partial charge in [0.2, 0.25) is 16.0 Å². The van der Waals surface area contributed by atoms with Gasteiger partial charge >= 0.3 is 0 Å². The van der Waals surface area contributed by atoms with Crippen molar-refractivity contribution in [3.8, 4) is 6.07 Å². The van der Waals surface area contributed by atoms with Crippen molar-refractivity contribution in [1.29, 1.82) is 5.26 Å². The van der Waals surface area contributed by atoms with Crippen LogP contribution in [-0.2, 0) is 23.0 Å². The van der Waals surface area contributed by atoms with Crippen LogP contribution in [0.4, 0.5) is 11.6 Å². The van der Waals surface area contributed by atoms with Gasteiger partial charge in [-0.15, -0.1) is 0 Å². The fourth-order valence-corrected chi connectivity index (χ4v) is 6.26. The third-order valence-corrected chi connectivity index (χ3v) is 8.67. The average molecular weight is 536 g/mol. The number of amides is 1. The molecule has 1 saturated heterocycles. The number of nitrogens with zero attached hydrogens (tertiary/aromatic N) is 8. The second kappa shape index (κ2) is 10.5. The molecule has 2 aliphatic rings. The highest BCUT2D eigenvalue weighted by Crippen LogP contribution is 2.32. The van der Waals surface area contributed by atoms with Crippen molar-refractivity contribution < 1.29 is 13.2 Å². The molecule has 38 heavy (non-hydrogen) atoms. The van der Waals surface area contributed by atoms with Gasteiger partial charge in [0.15, 0.2) is 0 Å². The Kier molecular flexibility index (Phi) is 7.11. The molecule has 198 valence electrons. The molecule has 12 nitrogen and oxygen atoms in total. The van der Waals surface area contributed by atoms with E-state index >= 15 is 0 Å². The van der Waals surface area contributed by atoms with Gasteiger partial charge in [-0.1, -0.05) is 0 Å². The first kappa shape index (κ1) is 25.8. The summed E-state index contributed by atoms with van der Waals surface area (Å²) >= 11 is 0. The highest BCUT2D eigenvalue weighted by molar-refractivity contribution is 7.89. The van der Waals surface area contributed by atoms with E-state index in [1.54, 1.807) is 53.2 Å². The van der Waals surface area contributed by atoms with Crippen LogP contribution in [-0.4, -0.2) is 77.6 Å². The molecule has 2 N–H and O–H groups in total. The summed E-state index contributed by atoms with van der Waals surface area (Å²) in [7, 11) is -3.72. The third-order valence-electron chi connectivity index (χ3n) is 6.78. The quantitative estimate of drug-likeness (QED) is 0.465. The normalized spacial score (nSPS) is 15.9. The molecule has 1 amide bonds. The predicted octanol–water partition coefficient (Wildman–Crippen LogP) is 0.916. The van der Waals surface area contributed by atoms with Crippen LogP contribution >= 0.6 is 0 Å². The summed E-state index contributed by atoms with van der Waals surface area (Å²) in [6.45, 7) is 4.86. The average Bonchev–Trinajstić information content (AvgIpc) is 3.58. The third kappa shape index (κ3) is 4.98. The number of rotatable bonds is 7. The first-order valence-electron chi connectivity index (χ1n) is 12.5. The molecule has 13 heteroatoms. The molecular formula is C25H29N9O3S. The largest absolute Gasteiger partial charge is 0.338 e. The number of nitriles is 1. The Hall–Kier alpha value is -3.86. The van der Waals surface area contributed by atoms with Crippen LogP contribution in [0, 0.1) is 18.3 Å². The summed E-state index contributed by atoms with van der Waals surface area (Å²) < 4.78 is 30.1. The van der Waals surface area contributed by atoms with Crippen LogP contribution in [0.1, 0.15) is 33.7 Å². The second-order valence-electron chi connectivity index (χ2n) is 9.33. The van der Waals surface area contributed by atoms with Gasteiger partial charge in [-0.2, -0.15) is 14.7 Å². The number of nitrogens with two attached hydrogens (primary N) is 1. The number of hydrogen-bond acceptors (Lipinski definition) is 9. The van der Waals surface area contributed by atoms with E-state index in [0.29, 0.717) is 56.4 Å².